The zero-order chi connectivity index (χ0) is 18.9. The van der Waals surface area contributed by atoms with Crippen molar-refractivity contribution in [1.29, 1.82) is 0 Å². The largest absolute Gasteiger partial charge is 0.342 e. The molecule has 7 nitrogen and oxygen atoms in total. The van der Waals surface area contributed by atoms with Crippen molar-refractivity contribution in [3.8, 4) is 0 Å². The molecule has 3 aliphatic rings. The first-order valence-electron chi connectivity index (χ1n) is 9.70. The average molecular weight is 427 g/mol. The van der Waals surface area contributed by atoms with Crippen LogP contribution in [-0.4, -0.2) is 57.8 Å². The third-order valence-electron chi connectivity index (χ3n) is 5.72. The van der Waals surface area contributed by atoms with Crippen molar-refractivity contribution in [2.75, 3.05) is 32.7 Å². The van der Waals surface area contributed by atoms with Crippen molar-refractivity contribution in [2.24, 2.45) is 16.8 Å². The maximum absolute atomic E-state index is 12.3. The summed E-state index contributed by atoms with van der Waals surface area (Å²) < 4.78 is 26.6. The van der Waals surface area contributed by atoms with E-state index in [2.05, 4.69) is 15.0 Å². The molecular weight excluding hydrogens is 400 g/mol. The Morgan fingerprint density at radius 3 is 2.57 bits per heavy atom. The highest BCUT2D eigenvalue weighted by molar-refractivity contribution is 7.90. The molecule has 0 bridgehead atoms. The molecule has 1 amide bonds. The summed E-state index contributed by atoms with van der Waals surface area (Å²) in [6, 6.07) is 6.88. The number of benzene rings is 1. The molecule has 3 heterocycles. The molecule has 2 atom stereocenters. The highest BCUT2D eigenvalue weighted by Gasteiger charge is 2.37. The Morgan fingerprint density at radius 1 is 1.11 bits per heavy atom. The fourth-order valence-electron chi connectivity index (χ4n) is 4.22. The molecule has 28 heavy (non-hydrogen) atoms. The number of rotatable bonds is 6. The van der Waals surface area contributed by atoms with Crippen molar-refractivity contribution in [2.45, 2.75) is 30.6 Å². The Kier molecular flexibility index (Phi) is 6.62. The minimum absolute atomic E-state index is 0. The molecular formula is C19H27ClN4O3S. The van der Waals surface area contributed by atoms with E-state index in [9.17, 15) is 13.2 Å². The minimum atomic E-state index is -3.46. The molecule has 154 valence electrons. The van der Waals surface area contributed by atoms with E-state index in [0.29, 0.717) is 41.1 Å². The number of amidine groups is 1. The highest BCUT2D eigenvalue weighted by atomic mass is 35.5. The molecule has 0 saturated carbocycles. The number of hydrogen-bond acceptors (Lipinski definition) is 5. The van der Waals surface area contributed by atoms with E-state index in [0.717, 1.165) is 45.4 Å². The van der Waals surface area contributed by atoms with Crippen LogP contribution in [0.15, 0.2) is 34.2 Å². The number of halogens is 1. The number of unbranched alkanes of at least 4 members (excludes halogenated alkanes) is 2. The van der Waals surface area contributed by atoms with Crippen molar-refractivity contribution < 1.29 is 13.2 Å². The SMILES string of the molecule is Cl.O=C(CCCCCN=C1NS(=O)(=O)c2ccccc21)N1C[C@H]2CNC[C@H]2C1. The zero-order valence-corrected chi connectivity index (χ0v) is 17.4. The smallest absolute Gasteiger partial charge is 0.263 e. The molecule has 0 aliphatic carbocycles. The number of hydrogen-bond donors (Lipinski definition) is 2. The Balaban J connectivity index is 0.00000225. The van der Waals surface area contributed by atoms with E-state index < -0.39 is 10.0 Å². The van der Waals surface area contributed by atoms with Crippen LogP contribution in [0.5, 0.6) is 0 Å². The third kappa shape index (κ3) is 4.34. The van der Waals surface area contributed by atoms with Crippen LogP contribution in [0.4, 0.5) is 0 Å². The monoisotopic (exact) mass is 426 g/mol. The Bertz CT molecular complexity index is 846. The van der Waals surface area contributed by atoms with Crippen LogP contribution < -0.4 is 10.0 Å². The fraction of sp³-hybridized carbons (Fsp3) is 0.579. The minimum Gasteiger partial charge on any atom is -0.342 e. The van der Waals surface area contributed by atoms with Crippen LogP contribution in [0.25, 0.3) is 0 Å². The summed E-state index contributed by atoms with van der Waals surface area (Å²) in [6.45, 7) is 4.46. The first kappa shape index (κ1) is 21.1. The summed E-state index contributed by atoms with van der Waals surface area (Å²) in [7, 11) is -3.46. The average Bonchev–Trinajstić information content (AvgIpc) is 3.31. The van der Waals surface area contributed by atoms with Gasteiger partial charge < -0.3 is 10.2 Å². The molecule has 0 radical (unpaired) electrons. The fourth-order valence-corrected chi connectivity index (χ4v) is 5.48. The molecule has 1 aromatic carbocycles. The van der Waals surface area contributed by atoms with Crippen molar-refractivity contribution in [3.63, 3.8) is 0 Å². The van der Waals surface area contributed by atoms with Gasteiger partial charge in [0.15, 0.2) is 0 Å². The van der Waals surface area contributed by atoms with Crippen molar-refractivity contribution in [3.05, 3.63) is 29.8 Å². The van der Waals surface area contributed by atoms with Gasteiger partial charge in [0, 0.05) is 44.7 Å². The quantitative estimate of drug-likeness (QED) is 0.672. The summed E-state index contributed by atoms with van der Waals surface area (Å²) >= 11 is 0. The van der Waals surface area contributed by atoms with Gasteiger partial charge in [0.05, 0.1) is 4.90 Å². The Hall–Kier alpha value is -1.64. The van der Waals surface area contributed by atoms with Crippen LogP contribution in [0.2, 0.25) is 0 Å². The number of likely N-dealkylation sites (tertiary alicyclic amines) is 1. The molecule has 2 saturated heterocycles. The first-order valence-corrected chi connectivity index (χ1v) is 11.2. The molecule has 0 spiro atoms. The number of nitrogens with one attached hydrogen (secondary N) is 2. The van der Waals surface area contributed by atoms with E-state index in [1.54, 1.807) is 18.2 Å². The summed E-state index contributed by atoms with van der Waals surface area (Å²) in [4.78, 5) is 19.1. The second-order valence-electron chi connectivity index (χ2n) is 7.62. The maximum atomic E-state index is 12.3. The number of fused-ring (bicyclic) bond motifs is 2. The predicted octanol–water partition coefficient (Wildman–Crippen LogP) is 1.39. The van der Waals surface area contributed by atoms with Gasteiger partial charge in [0.2, 0.25) is 5.91 Å². The third-order valence-corrected chi connectivity index (χ3v) is 7.12. The number of nitrogens with zero attached hydrogens (tertiary/aromatic N) is 2. The van der Waals surface area contributed by atoms with Crippen molar-refractivity contribution >= 4 is 34.2 Å². The highest BCUT2D eigenvalue weighted by Crippen LogP contribution is 2.27. The standard InChI is InChI=1S/C19H26N4O3S.ClH/c24-18(23-12-14-10-20-11-15(14)13-23)8-2-1-5-9-21-19-16-6-3-4-7-17(16)27(25,26)22-19;/h3-4,6-7,14-15,20H,1-2,5,8-13H2,(H,21,22);1H/t14-,15+;. The molecule has 1 aromatic rings. The van der Waals surface area contributed by atoms with E-state index in [1.807, 2.05) is 11.0 Å². The number of aliphatic imine (C=N–C) groups is 1. The summed E-state index contributed by atoms with van der Waals surface area (Å²) in [5.41, 5.74) is 0.641. The topological polar surface area (TPSA) is 90.9 Å². The number of carbonyl (C=O) groups excluding carboxylic acids is 1. The van der Waals surface area contributed by atoms with Gasteiger partial charge in [0.25, 0.3) is 10.0 Å². The lowest BCUT2D eigenvalue weighted by Gasteiger charge is -2.17. The van der Waals surface area contributed by atoms with Gasteiger partial charge >= 0.3 is 0 Å². The Morgan fingerprint density at radius 2 is 1.82 bits per heavy atom. The summed E-state index contributed by atoms with van der Waals surface area (Å²) in [5.74, 6) is 1.98. The second-order valence-corrected chi connectivity index (χ2v) is 9.27. The number of amides is 1. The van der Waals surface area contributed by atoms with Gasteiger partial charge in [-0.05, 0) is 36.8 Å². The summed E-state index contributed by atoms with van der Waals surface area (Å²) in [5, 5.41) is 3.39. The zero-order valence-electron chi connectivity index (χ0n) is 15.8. The normalized spacial score (nSPS) is 25.9. The van der Waals surface area contributed by atoms with Gasteiger partial charge in [-0.15, -0.1) is 12.4 Å². The van der Waals surface area contributed by atoms with Gasteiger partial charge in [-0.25, -0.2) is 8.42 Å². The van der Waals surface area contributed by atoms with Crippen molar-refractivity contribution in [1.82, 2.24) is 14.9 Å². The molecule has 9 heteroatoms. The number of sulfonamides is 1. The van der Waals surface area contributed by atoms with Gasteiger partial charge in [-0.3, -0.25) is 14.5 Å². The molecule has 3 aliphatic heterocycles. The lowest BCUT2D eigenvalue weighted by Crippen LogP contribution is -2.31. The molecule has 2 N–H and O–H groups in total. The van der Waals surface area contributed by atoms with E-state index in [1.165, 1.54) is 0 Å². The number of carbonyl (C=O) groups is 1. The lowest BCUT2D eigenvalue weighted by atomic mass is 10.0. The van der Waals surface area contributed by atoms with Crippen LogP contribution in [-0.2, 0) is 14.8 Å². The van der Waals surface area contributed by atoms with Gasteiger partial charge in [0.1, 0.15) is 5.84 Å². The van der Waals surface area contributed by atoms with Gasteiger partial charge in [-0.2, -0.15) is 0 Å². The second kappa shape index (κ2) is 8.80. The first-order chi connectivity index (χ1) is 13.0. The van der Waals surface area contributed by atoms with E-state index in [4.69, 9.17) is 0 Å². The van der Waals surface area contributed by atoms with Crippen LogP contribution in [0.3, 0.4) is 0 Å². The molecule has 0 aromatic heterocycles. The van der Waals surface area contributed by atoms with Gasteiger partial charge in [-0.1, -0.05) is 18.6 Å². The molecule has 4 rings (SSSR count). The molecule has 2 fully saturated rings. The maximum Gasteiger partial charge on any atom is 0.263 e. The van der Waals surface area contributed by atoms with E-state index >= 15 is 0 Å². The Labute approximate surface area is 172 Å². The van der Waals surface area contributed by atoms with Crippen LogP contribution in [0, 0.1) is 11.8 Å². The lowest BCUT2D eigenvalue weighted by molar-refractivity contribution is -0.130. The van der Waals surface area contributed by atoms with Crippen LogP contribution >= 0.6 is 12.4 Å². The molecule has 0 unspecified atom stereocenters. The van der Waals surface area contributed by atoms with Crippen LogP contribution in [0.1, 0.15) is 31.2 Å². The summed E-state index contributed by atoms with van der Waals surface area (Å²) in [6.07, 6.45) is 3.21. The van der Waals surface area contributed by atoms with E-state index in [-0.39, 0.29) is 18.3 Å². The predicted molar refractivity (Wildman–Crippen MR) is 110 cm³/mol.